The number of amides is 3. The molecule has 0 radical (unpaired) electrons. The summed E-state index contributed by atoms with van der Waals surface area (Å²) in [5.74, 6) is -0.234. The molecule has 0 aliphatic heterocycles. The highest BCUT2D eigenvalue weighted by molar-refractivity contribution is 6.31. The smallest absolute Gasteiger partial charge is 0.324 e. The molecule has 0 spiro atoms. The molecule has 136 valence electrons. The molecule has 2 saturated carbocycles. The summed E-state index contributed by atoms with van der Waals surface area (Å²) >= 11 is 6.04. The summed E-state index contributed by atoms with van der Waals surface area (Å²) in [6, 6.07) is 6.83. The fourth-order valence-electron chi connectivity index (χ4n) is 4.01. The standard InChI is InChI=1S/C20H27ClN2O2/c21-16-9-7-8-15(14-16)19(24)23(18-12-5-2-6-13-18)20(25)22-17-10-3-1-4-11-17/h7-9,14,17-18H,1-6,10-13H2,(H,22,25). The second-order valence-electron chi connectivity index (χ2n) is 7.26. The lowest BCUT2D eigenvalue weighted by Gasteiger charge is -2.34. The lowest BCUT2D eigenvalue weighted by Crippen LogP contribution is -2.52. The fourth-order valence-corrected chi connectivity index (χ4v) is 4.21. The molecule has 2 aliphatic carbocycles. The normalized spacial score (nSPS) is 19.4. The van der Waals surface area contributed by atoms with Crippen molar-refractivity contribution in [3.63, 3.8) is 0 Å². The maximum Gasteiger partial charge on any atom is 0.324 e. The highest BCUT2D eigenvalue weighted by Gasteiger charge is 2.32. The van der Waals surface area contributed by atoms with Gasteiger partial charge in [0, 0.05) is 22.7 Å². The van der Waals surface area contributed by atoms with Crippen LogP contribution in [0.1, 0.15) is 74.6 Å². The largest absolute Gasteiger partial charge is 0.335 e. The van der Waals surface area contributed by atoms with Crippen molar-refractivity contribution in [1.29, 1.82) is 0 Å². The Labute approximate surface area is 154 Å². The predicted octanol–water partition coefficient (Wildman–Crippen LogP) is 5.16. The van der Waals surface area contributed by atoms with Gasteiger partial charge in [-0.25, -0.2) is 4.79 Å². The summed E-state index contributed by atoms with van der Waals surface area (Å²) < 4.78 is 0. The van der Waals surface area contributed by atoms with Crippen molar-refractivity contribution in [2.75, 3.05) is 0 Å². The van der Waals surface area contributed by atoms with Crippen LogP contribution in [0.3, 0.4) is 0 Å². The maximum absolute atomic E-state index is 13.1. The lowest BCUT2D eigenvalue weighted by atomic mass is 9.93. The van der Waals surface area contributed by atoms with Gasteiger partial charge in [-0.1, -0.05) is 56.2 Å². The van der Waals surface area contributed by atoms with Gasteiger partial charge in [0.15, 0.2) is 0 Å². The van der Waals surface area contributed by atoms with E-state index in [2.05, 4.69) is 5.32 Å². The van der Waals surface area contributed by atoms with Gasteiger partial charge in [-0.2, -0.15) is 0 Å². The molecule has 0 atom stereocenters. The topological polar surface area (TPSA) is 49.4 Å². The molecule has 2 fully saturated rings. The number of carbonyl (C=O) groups is 2. The molecule has 3 rings (SSSR count). The summed E-state index contributed by atoms with van der Waals surface area (Å²) in [4.78, 5) is 27.5. The van der Waals surface area contributed by atoms with Crippen LogP contribution in [0.2, 0.25) is 5.02 Å². The molecule has 0 bridgehead atoms. The van der Waals surface area contributed by atoms with Crippen LogP contribution in [0.5, 0.6) is 0 Å². The van der Waals surface area contributed by atoms with Crippen LogP contribution in [0.25, 0.3) is 0 Å². The van der Waals surface area contributed by atoms with Crippen LogP contribution in [-0.2, 0) is 0 Å². The molecule has 1 aromatic carbocycles. The van der Waals surface area contributed by atoms with Gasteiger partial charge in [0.2, 0.25) is 0 Å². The Bertz CT molecular complexity index is 607. The van der Waals surface area contributed by atoms with Crippen LogP contribution in [0, 0.1) is 0 Å². The van der Waals surface area contributed by atoms with Gasteiger partial charge in [0.1, 0.15) is 0 Å². The lowest BCUT2D eigenvalue weighted by molar-refractivity contribution is 0.0701. The Morgan fingerprint density at radius 3 is 2.24 bits per heavy atom. The van der Waals surface area contributed by atoms with E-state index in [9.17, 15) is 9.59 Å². The Kier molecular flexibility index (Phi) is 6.35. The maximum atomic E-state index is 13.1. The zero-order valence-electron chi connectivity index (χ0n) is 14.7. The molecule has 3 amide bonds. The van der Waals surface area contributed by atoms with E-state index in [1.165, 1.54) is 17.7 Å². The monoisotopic (exact) mass is 362 g/mol. The summed E-state index contributed by atoms with van der Waals surface area (Å²) in [5, 5.41) is 3.63. The van der Waals surface area contributed by atoms with Crippen molar-refractivity contribution in [3.05, 3.63) is 34.9 Å². The van der Waals surface area contributed by atoms with Crippen LogP contribution < -0.4 is 5.32 Å². The van der Waals surface area contributed by atoms with E-state index in [1.54, 1.807) is 24.3 Å². The van der Waals surface area contributed by atoms with E-state index in [1.807, 2.05) is 0 Å². The van der Waals surface area contributed by atoms with Gasteiger partial charge in [-0.15, -0.1) is 0 Å². The van der Waals surface area contributed by atoms with E-state index >= 15 is 0 Å². The van der Waals surface area contributed by atoms with Gasteiger partial charge in [0.05, 0.1) is 0 Å². The van der Waals surface area contributed by atoms with Crippen LogP contribution >= 0.6 is 11.6 Å². The summed E-state index contributed by atoms with van der Waals surface area (Å²) in [5.41, 5.74) is 0.483. The first-order valence-corrected chi connectivity index (χ1v) is 9.92. The molecule has 0 aromatic heterocycles. The average molecular weight is 363 g/mol. The van der Waals surface area contributed by atoms with Crippen molar-refractivity contribution in [2.24, 2.45) is 0 Å². The minimum Gasteiger partial charge on any atom is -0.335 e. The molecule has 4 nitrogen and oxygen atoms in total. The van der Waals surface area contributed by atoms with Crippen molar-refractivity contribution >= 4 is 23.5 Å². The second kappa shape index (κ2) is 8.70. The molecule has 1 aromatic rings. The van der Waals surface area contributed by atoms with E-state index in [4.69, 9.17) is 11.6 Å². The molecule has 0 saturated heterocycles. The van der Waals surface area contributed by atoms with Crippen molar-refractivity contribution in [3.8, 4) is 0 Å². The predicted molar refractivity (Wildman–Crippen MR) is 99.9 cm³/mol. The third-order valence-corrected chi connectivity index (χ3v) is 5.62. The molecule has 1 N–H and O–H groups in total. The van der Waals surface area contributed by atoms with Gasteiger partial charge in [-0.3, -0.25) is 9.69 Å². The number of nitrogens with zero attached hydrogens (tertiary/aromatic N) is 1. The van der Waals surface area contributed by atoms with Gasteiger partial charge in [0.25, 0.3) is 5.91 Å². The SMILES string of the molecule is O=C(NC1CCCCC1)N(C(=O)c1cccc(Cl)c1)C1CCCCC1. The zero-order valence-corrected chi connectivity index (χ0v) is 15.4. The summed E-state index contributed by atoms with van der Waals surface area (Å²) in [6.45, 7) is 0. The van der Waals surface area contributed by atoms with Crippen LogP contribution in [0.4, 0.5) is 4.79 Å². The third kappa shape index (κ3) is 4.75. The minimum absolute atomic E-state index is 0.0103. The molecular formula is C20H27ClN2O2. The van der Waals surface area contributed by atoms with E-state index in [0.717, 1.165) is 51.4 Å². The highest BCUT2D eigenvalue weighted by atomic mass is 35.5. The average Bonchev–Trinajstić information content (AvgIpc) is 2.63. The quantitative estimate of drug-likeness (QED) is 0.807. The number of carbonyl (C=O) groups excluding carboxylic acids is 2. The number of rotatable bonds is 3. The van der Waals surface area contributed by atoms with Gasteiger partial charge in [-0.05, 0) is 43.9 Å². The second-order valence-corrected chi connectivity index (χ2v) is 7.70. The van der Waals surface area contributed by atoms with Gasteiger partial charge < -0.3 is 5.32 Å². The fraction of sp³-hybridized carbons (Fsp3) is 0.600. The first-order valence-electron chi connectivity index (χ1n) is 9.55. The number of hydrogen-bond acceptors (Lipinski definition) is 2. The number of nitrogens with one attached hydrogen (secondary N) is 1. The summed E-state index contributed by atoms with van der Waals surface area (Å²) in [7, 11) is 0. The molecule has 0 unspecified atom stereocenters. The van der Waals surface area contributed by atoms with Crippen molar-refractivity contribution < 1.29 is 9.59 Å². The van der Waals surface area contributed by atoms with E-state index in [-0.39, 0.29) is 24.0 Å². The molecular weight excluding hydrogens is 336 g/mol. The number of urea groups is 1. The van der Waals surface area contributed by atoms with Crippen LogP contribution in [-0.4, -0.2) is 28.9 Å². The number of imide groups is 1. The third-order valence-electron chi connectivity index (χ3n) is 5.38. The molecule has 0 heterocycles. The molecule has 2 aliphatic rings. The van der Waals surface area contributed by atoms with Crippen molar-refractivity contribution in [1.82, 2.24) is 10.2 Å². The van der Waals surface area contributed by atoms with Crippen molar-refractivity contribution in [2.45, 2.75) is 76.3 Å². The minimum atomic E-state index is -0.234. The van der Waals surface area contributed by atoms with Crippen LogP contribution in [0.15, 0.2) is 24.3 Å². The number of benzene rings is 1. The van der Waals surface area contributed by atoms with E-state index in [0.29, 0.717) is 10.6 Å². The number of halogens is 1. The van der Waals surface area contributed by atoms with Gasteiger partial charge >= 0.3 is 6.03 Å². The highest BCUT2D eigenvalue weighted by Crippen LogP contribution is 2.26. The zero-order chi connectivity index (χ0) is 17.6. The Hall–Kier alpha value is -1.55. The first kappa shape index (κ1) is 18.2. The molecule has 25 heavy (non-hydrogen) atoms. The Morgan fingerprint density at radius 2 is 1.60 bits per heavy atom. The Balaban J connectivity index is 1.78. The Morgan fingerprint density at radius 1 is 0.960 bits per heavy atom. The number of hydrogen-bond donors (Lipinski definition) is 1. The molecule has 5 heteroatoms. The summed E-state index contributed by atoms with van der Waals surface area (Å²) in [6.07, 6.45) is 10.7. The first-order chi connectivity index (χ1) is 12.1. The van der Waals surface area contributed by atoms with E-state index < -0.39 is 0 Å².